The Labute approximate surface area is 160 Å². The first-order chi connectivity index (χ1) is 12.0. The molecular formula is C20H33N3O2S. The quantitative estimate of drug-likeness (QED) is 0.459. The van der Waals surface area contributed by atoms with E-state index in [0.29, 0.717) is 11.4 Å². The molecule has 0 bridgehead atoms. The Morgan fingerprint density at radius 1 is 0.808 bits per heavy atom. The van der Waals surface area contributed by atoms with Crippen LogP contribution in [0.3, 0.4) is 0 Å². The maximum atomic E-state index is 11.9. The number of phenolic OH excluding ortho intramolecular Hbond substituents is 1. The van der Waals surface area contributed by atoms with Gasteiger partial charge >= 0.3 is 0 Å². The van der Waals surface area contributed by atoms with Gasteiger partial charge in [0.15, 0.2) is 0 Å². The standard InChI is InChI=1S/C11H17NOS.C7H10N2O.C2H6/c1-7(2)14(13)11-6-10(12)8(3)5-9(11)4;1-4-2-5(8)6(9)3-7(4)10;1-2/h5-7H,12H2,1-4H3;2-3,10H,8-9H2,1H3;1-2H3. The molecule has 0 aliphatic rings. The minimum atomic E-state index is -0.945. The lowest BCUT2D eigenvalue weighted by atomic mass is 10.1. The predicted octanol–water partition coefficient (Wildman–Crippen LogP) is 4.29. The topological polar surface area (TPSA) is 115 Å². The number of phenols is 1. The van der Waals surface area contributed by atoms with E-state index in [1.165, 1.54) is 6.07 Å². The van der Waals surface area contributed by atoms with Crippen LogP contribution in [0.1, 0.15) is 44.4 Å². The lowest BCUT2D eigenvalue weighted by Gasteiger charge is -2.11. The third-order valence-corrected chi connectivity index (χ3v) is 5.34. The zero-order valence-corrected chi connectivity index (χ0v) is 17.7. The molecule has 146 valence electrons. The van der Waals surface area contributed by atoms with Crippen molar-refractivity contribution in [2.45, 2.75) is 58.6 Å². The molecule has 0 aliphatic heterocycles. The Morgan fingerprint density at radius 3 is 1.77 bits per heavy atom. The van der Waals surface area contributed by atoms with Gasteiger partial charge in [0, 0.05) is 21.9 Å². The fraction of sp³-hybridized carbons (Fsp3) is 0.400. The molecule has 0 aromatic heterocycles. The lowest BCUT2D eigenvalue weighted by molar-refractivity contribution is 0.471. The highest BCUT2D eigenvalue weighted by molar-refractivity contribution is 7.85. The molecule has 7 N–H and O–H groups in total. The first-order valence-corrected chi connectivity index (χ1v) is 9.87. The summed E-state index contributed by atoms with van der Waals surface area (Å²) in [6, 6.07) is 6.92. The van der Waals surface area contributed by atoms with Gasteiger partial charge in [-0.05, 0) is 49.6 Å². The van der Waals surface area contributed by atoms with E-state index in [2.05, 4.69) is 0 Å². The van der Waals surface area contributed by atoms with E-state index in [0.717, 1.165) is 27.3 Å². The molecule has 0 saturated carbocycles. The third kappa shape index (κ3) is 6.59. The summed E-state index contributed by atoms with van der Waals surface area (Å²) in [5.41, 5.74) is 21.2. The van der Waals surface area contributed by atoms with Crippen LogP contribution in [0.5, 0.6) is 5.75 Å². The first kappa shape index (κ1) is 23.8. The van der Waals surface area contributed by atoms with Crippen molar-refractivity contribution in [3.8, 4) is 5.75 Å². The van der Waals surface area contributed by atoms with Gasteiger partial charge in [-0.25, -0.2) is 0 Å². The fourth-order valence-electron chi connectivity index (χ4n) is 2.05. The summed E-state index contributed by atoms with van der Waals surface area (Å²) in [5, 5.41) is 9.22. The van der Waals surface area contributed by atoms with Gasteiger partial charge in [-0.15, -0.1) is 0 Å². The molecule has 2 aromatic rings. The van der Waals surface area contributed by atoms with Crippen molar-refractivity contribution in [2.75, 3.05) is 17.2 Å². The average Bonchev–Trinajstić information content (AvgIpc) is 2.58. The van der Waals surface area contributed by atoms with E-state index in [4.69, 9.17) is 22.3 Å². The van der Waals surface area contributed by atoms with Crippen LogP contribution in [0.25, 0.3) is 0 Å². The van der Waals surface area contributed by atoms with Gasteiger partial charge in [-0.3, -0.25) is 4.21 Å². The Balaban J connectivity index is 0.000000458. The SMILES string of the molecule is CC.Cc1cc(C)c(S(=O)C(C)C)cc1N.Cc1cc(N)c(N)cc1O. The normalized spacial score (nSPS) is 11.1. The van der Waals surface area contributed by atoms with E-state index in [1.54, 1.807) is 13.0 Å². The van der Waals surface area contributed by atoms with E-state index < -0.39 is 10.8 Å². The Morgan fingerprint density at radius 2 is 1.31 bits per heavy atom. The number of aryl methyl sites for hydroxylation is 3. The maximum absolute atomic E-state index is 11.9. The second kappa shape index (κ2) is 10.7. The number of aromatic hydroxyl groups is 1. The minimum Gasteiger partial charge on any atom is -0.508 e. The Kier molecular flexibility index (Phi) is 9.80. The molecule has 0 fully saturated rings. The van der Waals surface area contributed by atoms with Crippen LogP contribution in [0.15, 0.2) is 29.2 Å². The maximum Gasteiger partial charge on any atom is 0.120 e. The molecule has 0 amide bonds. The summed E-state index contributed by atoms with van der Waals surface area (Å²) in [6.45, 7) is 13.6. The number of nitrogens with two attached hydrogens (primary N) is 3. The molecule has 5 nitrogen and oxygen atoms in total. The first-order valence-electron chi connectivity index (χ1n) is 8.66. The van der Waals surface area contributed by atoms with Crippen molar-refractivity contribution in [1.82, 2.24) is 0 Å². The lowest BCUT2D eigenvalue weighted by Crippen LogP contribution is -2.08. The second-order valence-corrected chi connectivity index (χ2v) is 8.07. The van der Waals surface area contributed by atoms with Crippen molar-refractivity contribution in [3.05, 3.63) is 41.0 Å². The largest absolute Gasteiger partial charge is 0.508 e. The van der Waals surface area contributed by atoms with Gasteiger partial charge in [0.25, 0.3) is 0 Å². The smallest absolute Gasteiger partial charge is 0.120 e. The summed E-state index contributed by atoms with van der Waals surface area (Å²) in [4.78, 5) is 0.864. The summed E-state index contributed by atoms with van der Waals surface area (Å²) in [6.07, 6.45) is 0. The molecule has 26 heavy (non-hydrogen) atoms. The van der Waals surface area contributed by atoms with E-state index in [1.807, 2.05) is 53.7 Å². The summed E-state index contributed by atoms with van der Waals surface area (Å²) in [7, 11) is -0.945. The number of hydrogen-bond acceptors (Lipinski definition) is 5. The molecular weight excluding hydrogens is 346 g/mol. The van der Waals surface area contributed by atoms with Crippen molar-refractivity contribution >= 4 is 27.9 Å². The van der Waals surface area contributed by atoms with E-state index in [-0.39, 0.29) is 11.0 Å². The third-order valence-electron chi connectivity index (χ3n) is 3.61. The highest BCUT2D eigenvalue weighted by atomic mass is 32.2. The molecule has 1 atom stereocenters. The van der Waals surface area contributed by atoms with Gasteiger partial charge in [0.1, 0.15) is 5.75 Å². The summed E-state index contributed by atoms with van der Waals surface area (Å²) >= 11 is 0. The molecule has 1 unspecified atom stereocenters. The molecule has 6 heteroatoms. The van der Waals surface area contributed by atoms with Gasteiger partial charge in [0.05, 0.1) is 22.2 Å². The second-order valence-electron chi connectivity index (χ2n) is 6.09. The predicted molar refractivity (Wildman–Crippen MR) is 115 cm³/mol. The molecule has 2 aromatic carbocycles. The number of benzene rings is 2. The minimum absolute atomic E-state index is 0.135. The molecule has 0 spiro atoms. The van der Waals surface area contributed by atoms with Crippen molar-refractivity contribution in [1.29, 1.82) is 0 Å². The fourth-order valence-corrected chi connectivity index (χ4v) is 3.18. The monoisotopic (exact) mass is 379 g/mol. The highest BCUT2D eigenvalue weighted by Gasteiger charge is 2.12. The highest BCUT2D eigenvalue weighted by Crippen LogP contribution is 2.24. The van der Waals surface area contributed by atoms with Crippen LogP contribution < -0.4 is 17.2 Å². The summed E-state index contributed by atoms with van der Waals surface area (Å²) in [5.74, 6) is 0.187. The Bertz CT molecular complexity index is 709. The van der Waals surface area contributed by atoms with Crippen LogP contribution in [-0.4, -0.2) is 14.6 Å². The molecule has 0 radical (unpaired) electrons. The number of anilines is 3. The van der Waals surface area contributed by atoms with Crippen LogP contribution in [-0.2, 0) is 10.8 Å². The average molecular weight is 380 g/mol. The van der Waals surface area contributed by atoms with Gasteiger partial charge < -0.3 is 22.3 Å². The van der Waals surface area contributed by atoms with Crippen LogP contribution in [0.4, 0.5) is 17.1 Å². The van der Waals surface area contributed by atoms with Gasteiger partial charge in [-0.1, -0.05) is 33.8 Å². The molecule has 0 saturated heterocycles. The van der Waals surface area contributed by atoms with E-state index in [9.17, 15) is 4.21 Å². The number of hydrogen-bond donors (Lipinski definition) is 4. The van der Waals surface area contributed by atoms with Gasteiger partial charge in [0.2, 0.25) is 0 Å². The van der Waals surface area contributed by atoms with E-state index >= 15 is 0 Å². The number of nitrogen functional groups attached to an aromatic ring is 3. The van der Waals surface area contributed by atoms with Crippen molar-refractivity contribution in [2.24, 2.45) is 0 Å². The van der Waals surface area contributed by atoms with Gasteiger partial charge in [-0.2, -0.15) is 0 Å². The Hall–Kier alpha value is -2.21. The van der Waals surface area contributed by atoms with Crippen LogP contribution in [0.2, 0.25) is 0 Å². The molecule has 0 aliphatic carbocycles. The van der Waals surface area contributed by atoms with Crippen molar-refractivity contribution in [3.63, 3.8) is 0 Å². The van der Waals surface area contributed by atoms with Crippen LogP contribution in [0, 0.1) is 20.8 Å². The molecule has 2 rings (SSSR count). The van der Waals surface area contributed by atoms with Crippen molar-refractivity contribution < 1.29 is 9.32 Å². The zero-order chi connectivity index (χ0) is 20.6. The van der Waals surface area contributed by atoms with Crippen LogP contribution >= 0.6 is 0 Å². The number of rotatable bonds is 2. The molecule has 0 heterocycles. The zero-order valence-electron chi connectivity index (χ0n) is 16.9. The summed E-state index contributed by atoms with van der Waals surface area (Å²) < 4.78 is 11.9.